The molecule has 1 fully saturated rings. The lowest BCUT2D eigenvalue weighted by Crippen LogP contribution is -2.46. The van der Waals surface area contributed by atoms with E-state index < -0.39 is 0 Å². The lowest BCUT2D eigenvalue weighted by Gasteiger charge is -2.30. The van der Waals surface area contributed by atoms with Gasteiger partial charge in [0.05, 0.1) is 10.7 Å². The summed E-state index contributed by atoms with van der Waals surface area (Å²) in [7, 11) is 0. The first kappa shape index (κ1) is 12.0. The van der Waals surface area contributed by atoms with Crippen LogP contribution in [-0.2, 0) is 13.0 Å². The summed E-state index contributed by atoms with van der Waals surface area (Å²) in [5.74, 6) is 0.720. The molecule has 90 valence electrons. The standard InChI is InChI=1S/C12H21N3S/c1-3-12-15-10(8-16-12)7-14-11-4-5-13-6-9(11)2/h8-9,11,13-14H,3-7H2,1-2H3. The van der Waals surface area contributed by atoms with Crippen molar-refractivity contribution in [2.45, 2.75) is 39.3 Å². The van der Waals surface area contributed by atoms with E-state index in [-0.39, 0.29) is 0 Å². The van der Waals surface area contributed by atoms with E-state index in [0.29, 0.717) is 6.04 Å². The fourth-order valence-corrected chi connectivity index (χ4v) is 2.89. The van der Waals surface area contributed by atoms with Crippen molar-refractivity contribution in [2.24, 2.45) is 5.92 Å². The molecule has 0 saturated carbocycles. The van der Waals surface area contributed by atoms with Gasteiger partial charge in [0.25, 0.3) is 0 Å². The molecule has 2 atom stereocenters. The second-order valence-electron chi connectivity index (χ2n) is 4.54. The molecule has 0 spiro atoms. The monoisotopic (exact) mass is 239 g/mol. The maximum atomic E-state index is 4.58. The third kappa shape index (κ3) is 3.03. The fraction of sp³-hybridized carbons (Fsp3) is 0.750. The predicted molar refractivity (Wildman–Crippen MR) is 68.8 cm³/mol. The molecule has 2 heterocycles. The van der Waals surface area contributed by atoms with E-state index >= 15 is 0 Å². The number of nitrogens with zero attached hydrogens (tertiary/aromatic N) is 1. The van der Waals surface area contributed by atoms with Crippen LogP contribution < -0.4 is 10.6 Å². The van der Waals surface area contributed by atoms with Crippen molar-refractivity contribution >= 4 is 11.3 Å². The largest absolute Gasteiger partial charge is 0.316 e. The van der Waals surface area contributed by atoms with Crippen LogP contribution in [0.5, 0.6) is 0 Å². The Balaban J connectivity index is 1.81. The maximum absolute atomic E-state index is 4.58. The summed E-state index contributed by atoms with van der Waals surface area (Å²) in [4.78, 5) is 4.58. The SMILES string of the molecule is CCc1nc(CNC2CCNCC2C)cs1. The predicted octanol–water partition coefficient (Wildman–Crippen LogP) is 1.79. The molecule has 1 aromatic rings. The van der Waals surface area contributed by atoms with E-state index in [2.05, 4.69) is 34.8 Å². The van der Waals surface area contributed by atoms with Crippen LogP contribution >= 0.6 is 11.3 Å². The number of hydrogen-bond acceptors (Lipinski definition) is 4. The minimum absolute atomic E-state index is 0.646. The molecule has 0 bridgehead atoms. The first-order chi connectivity index (χ1) is 7.79. The van der Waals surface area contributed by atoms with Crippen molar-refractivity contribution in [3.63, 3.8) is 0 Å². The maximum Gasteiger partial charge on any atom is 0.0926 e. The summed E-state index contributed by atoms with van der Waals surface area (Å²) in [6.45, 7) is 7.66. The lowest BCUT2D eigenvalue weighted by atomic mass is 9.95. The third-order valence-electron chi connectivity index (χ3n) is 3.23. The zero-order valence-electron chi connectivity index (χ0n) is 10.1. The van der Waals surface area contributed by atoms with Gasteiger partial charge in [-0.3, -0.25) is 0 Å². The topological polar surface area (TPSA) is 37.0 Å². The minimum atomic E-state index is 0.646. The summed E-state index contributed by atoms with van der Waals surface area (Å²) in [5, 5.41) is 10.5. The average Bonchev–Trinajstić information content (AvgIpc) is 2.76. The molecule has 0 amide bonds. The molecule has 4 heteroatoms. The Kier molecular flexibility index (Phi) is 4.32. The van der Waals surface area contributed by atoms with Gasteiger partial charge >= 0.3 is 0 Å². The van der Waals surface area contributed by atoms with Crippen LogP contribution in [0.4, 0.5) is 0 Å². The van der Waals surface area contributed by atoms with Crippen LogP contribution in [0.25, 0.3) is 0 Å². The van der Waals surface area contributed by atoms with Gasteiger partial charge in [-0.2, -0.15) is 0 Å². The van der Waals surface area contributed by atoms with Gasteiger partial charge in [-0.15, -0.1) is 11.3 Å². The Labute approximate surface area is 102 Å². The molecule has 2 unspecified atom stereocenters. The molecule has 0 radical (unpaired) electrons. The first-order valence-electron chi connectivity index (χ1n) is 6.17. The van der Waals surface area contributed by atoms with E-state index in [9.17, 15) is 0 Å². The van der Waals surface area contributed by atoms with Crippen molar-refractivity contribution < 1.29 is 0 Å². The van der Waals surface area contributed by atoms with Crippen molar-refractivity contribution in [2.75, 3.05) is 13.1 Å². The fourth-order valence-electron chi connectivity index (χ4n) is 2.15. The van der Waals surface area contributed by atoms with Gasteiger partial charge in [0.15, 0.2) is 0 Å². The molecule has 2 N–H and O–H groups in total. The molecule has 0 aliphatic carbocycles. The molecular weight excluding hydrogens is 218 g/mol. The van der Waals surface area contributed by atoms with Gasteiger partial charge in [-0.05, 0) is 31.8 Å². The zero-order valence-corrected chi connectivity index (χ0v) is 10.9. The molecule has 1 aliphatic heterocycles. The Morgan fingerprint density at radius 3 is 3.19 bits per heavy atom. The van der Waals surface area contributed by atoms with Crippen molar-refractivity contribution in [3.8, 4) is 0 Å². The highest BCUT2D eigenvalue weighted by Gasteiger charge is 2.20. The quantitative estimate of drug-likeness (QED) is 0.841. The van der Waals surface area contributed by atoms with Gasteiger partial charge in [0.2, 0.25) is 0 Å². The van der Waals surface area contributed by atoms with Gasteiger partial charge in [-0.1, -0.05) is 13.8 Å². The Morgan fingerprint density at radius 1 is 1.62 bits per heavy atom. The van der Waals surface area contributed by atoms with Gasteiger partial charge in [0, 0.05) is 18.0 Å². The smallest absolute Gasteiger partial charge is 0.0926 e. The molecule has 0 aromatic carbocycles. The molecule has 16 heavy (non-hydrogen) atoms. The van der Waals surface area contributed by atoms with Crippen LogP contribution in [0.15, 0.2) is 5.38 Å². The van der Waals surface area contributed by atoms with Crippen LogP contribution in [0.1, 0.15) is 31.0 Å². The molecule has 3 nitrogen and oxygen atoms in total. The molecular formula is C12H21N3S. The van der Waals surface area contributed by atoms with Gasteiger partial charge in [-0.25, -0.2) is 4.98 Å². The highest BCUT2D eigenvalue weighted by atomic mass is 32.1. The molecule has 1 aliphatic rings. The number of rotatable bonds is 4. The summed E-state index contributed by atoms with van der Waals surface area (Å²) in [5.41, 5.74) is 1.20. The van der Waals surface area contributed by atoms with E-state index in [4.69, 9.17) is 0 Å². The first-order valence-corrected chi connectivity index (χ1v) is 7.05. The normalized spacial score (nSPS) is 25.9. The highest BCUT2D eigenvalue weighted by molar-refractivity contribution is 7.09. The number of thiazole rings is 1. The van der Waals surface area contributed by atoms with Gasteiger partial charge in [0.1, 0.15) is 0 Å². The summed E-state index contributed by atoms with van der Waals surface area (Å²) < 4.78 is 0. The van der Waals surface area contributed by atoms with E-state index in [1.807, 2.05) is 0 Å². The van der Waals surface area contributed by atoms with Crippen molar-refractivity contribution in [3.05, 3.63) is 16.1 Å². The summed E-state index contributed by atoms with van der Waals surface area (Å²) >= 11 is 1.77. The van der Waals surface area contributed by atoms with Crippen molar-refractivity contribution in [1.29, 1.82) is 0 Å². The van der Waals surface area contributed by atoms with E-state index in [1.54, 1.807) is 11.3 Å². The third-order valence-corrected chi connectivity index (χ3v) is 4.27. The molecule has 1 aromatic heterocycles. The number of hydrogen-bond donors (Lipinski definition) is 2. The van der Waals surface area contributed by atoms with Crippen LogP contribution in [0.3, 0.4) is 0 Å². The van der Waals surface area contributed by atoms with Crippen LogP contribution in [0.2, 0.25) is 0 Å². The lowest BCUT2D eigenvalue weighted by molar-refractivity contribution is 0.295. The Bertz CT molecular complexity index is 324. The Hall–Kier alpha value is -0.450. The molecule has 2 rings (SSSR count). The zero-order chi connectivity index (χ0) is 11.4. The number of piperidine rings is 1. The van der Waals surface area contributed by atoms with E-state index in [0.717, 1.165) is 32.0 Å². The van der Waals surface area contributed by atoms with Crippen LogP contribution in [0, 0.1) is 5.92 Å². The van der Waals surface area contributed by atoms with Gasteiger partial charge < -0.3 is 10.6 Å². The summed E-state index contributed by atoms with van der Waals surface area (Å²) in [6, 6.07) is 0.646. The Morgan fingerprint density at radius 2 is 2.50 bits per heavy atom. The second kappa shape index (κ2) is 5.75. The van der Waals surface area contributed by atoms with E-state index in [1.165, 1.54) is 17.1 Å². The molecule has 1 saturated heterocycles. The number of nitrogens with one attached hydrogen (secondary N) is 2. The van der Waals surface area contributed by atoms with Crippen LogP contribution in [-0.4, -0.2) is 24.1 Å². The second-order valence-corrected chi connectivity index (χ2v) is 5.49. The summed E-state index contributed by atoms with van der Waals surface area (Å²) in [6.07, 6.45) is 2.28. The van der Waals surface area contributed by atoms with Crippen molar-refractivity contribution in [1.82, 2.24) is 15.6 Å². The minimum Gasteiger partial charge on any atom is -0.316 e. The highest BCUT2D eigenvalue weighted by Crippen LogP contribution is 2.13. The number of aromatic nitrogens is 1. The average molecular weight is 239 g/mol. The number of aryl methyl sites for hydroxylation is 1.